The Morgan fingerprint density at radius 2 is 0.826 bits per heavy atom. The third kappa shape index (κ3) is 40.3. The number of ether oxygens (including phenoxy) is 8. The van der Waals surface area contributed by atoms with E-state index in [4.69, 9.17) is 37.9 Å². The maximum atomic E-state index is 13.3. The Balaban J connectivity index is 2.12. The lowest BCUT2D eigenvalue weighted by Gasteiger charge is -2.21. The zero-order valence-electron chi connectivity index (χ0n) is 40.8. The van der Waals surface area contributed by atoms with Crippen molar-refractivity contribution in [2.24, 2.45) is 5.92 Å². The number of hydrogen-bond acceptors (Lipinski definition) is 16. The summed E-state index contributed by atoms with van der Waals surface area (Å²) in [6, 6.07) is -1.37. The van der Waals surface area contributed by atoms with Gasteiger partial charge in [0.15, 0.2) is 0 Å². The number of Topliss-reactive ketones (excluding diaryl/α,β-unsaturated/α-hetero) is 1. The van der Waals surface area contributed by atoms with Gasteiger partial charge in [0.25, 0.3) is 0 Å². The lowest BCUT2D eigenvalue weighted by Crippen LogP contribution is -2.46. The minimum Gasteiger partial charge on any atom is -0.480 e. The Hall–Kier alpha value is -4.16. The second-order valence-corrected chi connectivity index (χ2v) is 16.3. The number of nitrogens with one attached hydrogen (secondary N) is 5. The van der Waals surface area contributed by atoms with Crippen molar-refractivity contribution in [3.05, 3.63) is 0 Å². The second-order valence-electron chi connectivity index (χ2n) is 16.3. The fourth-order valence-corrected chi connectivity index (χ4v) is 6.79. The first-order valence-electron chi connectivity index (χ1n) is 24.7. The van der Waals surface area contributed by atoms with Crippen LogP contribution in [0.1, 0.15) is 109 Å². The van der Waals surface area contributed by atoms with Crippen LogP contribution in [0.15, 0.2) is 0 Å². The third-order valence-corrected chi connectivity index (χ3v) is 10.5. The van der Waals surface area contributed by atoms with E-state index in [0.29, 0.717) is 32.6 Å². The number of amides is 5. The highest BCUT2D eigenvalue weighted by atomic mass is 16.5. The normalized spacial score (nSPS) is 17.3. The zero-order valence-corrected chi connectivity index (χ0v) is 40.8. The summed E-state index contributed by atoms with van der Waals surface area (Å²) in [5.41, 5.74) is 0. The van der Waals surface area contributed by atoms with Crippen LogP contribution in [-0.2, 0) is 76.3 Å². The monoisotopic (exact) mass is 989 g/mol. The van der Waals surface area contributed by atoms with Crippen molar-refractivity contribution in [3.63, 3.8) is 0 Å². The van der Waals surface area contributed by atoms with E-state index in [1.165, 1.54) is 38.5 Å². The molecule has 397 valence electrons. The molecule has 0 aliphatic carbocycles. The molecule has 6 N–H and O–H groups in total. The van der Waals surface area contributed by atoms with Gasteiger partial charge in [0.05, 0.1) is 85.2 Å². The molecule has 5 amide bonds. The van der Waals surface area contributed by atoms with E-state index in [1.54, 1.807) is 6.29 Å². The topological polar surface area (TPSA) is 291 Å². The van der Waals surface area contributed by atoms with Crippen molar-refractivity contribution in [1.82, 2.24) is 26.6 Å². The fraction of sp³-hybridized carbons (Fsp3) is 0.830. The summed E-state index contributed by atoms with van der Waals surface area (Å²) in [4.78, 5) is 97.0. The molecule has 1 heterocycles. The number of aliphatic carboxylic acids is 1. The molecule has 1 rings (SSSR count). The number of carboxylic acids is 1. The van der Waals surface area contributed by atoms with Crippen molar-refractivity contribution in [1.29, 1.82) is 0 Å². The summed E-state index contributed by atoms with van der Waals surface area (Å²) in [7, 11) is 0. The van der Waals surface area contributed by atoms with E-state index in [0.717, 1.165) is 38.5 Å². The van der Waals surface area contributed by atoms with Gasteiger partial charge in [0, 0.05) is 39.0 Å². The smallest absolute Gasteiger partial charge is 0.326 e. The van der Waals surface area contributed by atoms with Gasteiger partial charge in [-0.3, -0.25) is 33.6 Å². The van der Waals surface area contributed by atoms with Crippen LogP contribution >= 0.6 is 0 Å². The van der Waals surface area contributed by atoms with E-state index in [2.05, 4.69) is 26.6 Å². The van der Waals surface area contributed by atoms with E-state index in [1.807, 2.05) is 0 Å². The van der Waals surface area contributed by atoms with Crippen molar-refractivity contribution >= 4 is 47.6 Å². The van der Waals surface area contributed by atoms with Crippen LogP contribution in [0, 0.1) is 5.92 Å². The molecule has 0 aromatic rings. The van der Waals surface area contributed by atoms with Gasteiger partial charge in [-0.05, 0) is 19.3 Å². The molecule has 2 atom stereocenters. The minimum absolute atomic E-state index is 0.0624. The lowest BCUT2D eigenvalue weighted by molar-refractivity contribution is -0.143. The number of carbonyl (C=O) groups excluding carboxylic acids is 7. The average Bonchev–Trinajstić information content (AvgIpc) is 3.32. The molecule has 1 unspecified atom stereocenters. The van der Waals surface area contributed by atoms with Crippen molar-refractivity contribution < 1.29 is 81.4 Å². The number of ketones is 1. The molecule has 0 saturated carbocycles. The Kier molecular flexibility index (Phi) is 42.1. The highest BCUT2D eigenvalue weighted by Crippen LogP contribution is 2.18. The maximum Gasteiger partial charge on any atom is 0.326 e. The van der Waals surface area contributed by atoms with E-state index in [-0.39, 0.29) is 155 Å². The van der Waals surface area contributed by atoms with Crippen LogP contribution < -0.4 is 26.6 Å². The molecule has 1 fully saturated rings. The first-order valence-corrected chi connectivity index (χ1v) is 24.7. The maximum absolute atomic E-state index is 13.3. The van der Waals surface area contributed by atoms with Crippen molar-refractivity contribution in [2.75, 3.05) is 132 Å². The van der Waals surface area contributed by atoms with E-state index >= 15 is 0 Å². The van der Waals surface area contributed by atoms with E-state index < -0.39 is 29.7 Å². The predicted molar refractivity (Wildman–Crippen MR) is 251 cm³/mol. The first kappa shape index (κ1) is 62.9. The van der Waals surface area contributed by atoms with Gasteiger partial charge in [-0.2, -0.15) is 0 Å². The third-order valence-electron chi connectivity index (χ3n) is 10.5. The van der Waals surface area contributed by atoms with E-state index in [9.17, 15) is 43.5 Å². The molecule has 1 aliphatic rings. The number of carboxylic acid groups (broad SMARTS) is 1. The molecule has 1 aliphatic heterocycles. The molecule has 22 nitrogen and oxygen atoms in total. The van der Waals surface area contributed by atoms with Gasteiger partial charge in [0.2, 0.25) is 35.8 Å². The van der Waals surface area contributed by atoms with Gasteiger partial charge in [-0.15, -0.1) is 0 Å². The molecule has 0 spiro atoms. The lowest BCUT2D eigenvalue weighted by atomic mass is 9.91. The first-order chi connectivity index (χ1) is 33.6. The Morgan fingerprint density at radius 3 is 1.22 bits per heavy atom. The van der Waals surface area contributed by atoms with Crippen LogP contribution in [0.25, 0.3) is 0 Å². The van der Waals surface area contributed by atoms with Gasteiger partial charge in [0.1, 0.15) is 38.3 Å². The molecule has 0 aromatic heterocycles. The largest absolute Gasteiger partial charge is 0.480 e. The van der Waals surface area contributed by atoms with Crippen molar-refractivity contribution in [3.8, 4) is 0 Å². The minimum atomic E-state index is -1.37. The molecule has 1 radical (unpaired) electrons. The molecule has 69 heavy (non-hydrogen) atoms. The van der Waals surface area contributed by atoms with Crippen LogP contribution in [-0.4, -0.2) is 191 Å². The number of hydrogen-bond donors (Lipinski definition) is 6. The molecule has 1 saturated heterocycles. The highest BCUT2D eigenvalue weighted by Gasteiger charge is 2.33. The summed E-state index contributed by atoms with van der Waals surface area (Å²) in [5, 5.41) is 23.0. The fourth-order valence-electron chi connectivity index (χ4n) is 6.79. The molecular weight excluding hydrogens is 907 g/mol. The Morgan fingerprint density at radius 1 is 0.478 bits per heavy atom. The zero-order chi connectivity index (χ0) is 50.3. The average molecular weight is 989 g/mol. The summed E-state index contributed by atoms with van der Waals surface area (Å²) in [6.45, 7) is 2.76. The van der Waals surface area contributed by atoms with Crippen LogP contribution in [0.4, 0.5) is 0 Å². The SMILES string of the molecule is O=[C]COCCOCCNC(=O)COCCOCCNC(=O)COCCOCCNC(=O)COCCOCCNC(=O)C1C[C@@H](C(=O)O)NC(=O)CCCCCCCCCCCCCCCCC1=O. The standard InChI is InChI=1S/C47H82N5O17/c53-21-26-66-28-27-62-22-17-48-43(56)36-67-32-29-63-23-18-49-44(57)37-68-33-30-64-24-19-50-45(58)38-69-34-31-65-25-20-51-46(59)39-35-40(47(60)61)52-42(55)16-14-12-10-8-6-4-2-1-3-5-7-9-11-13-15-41(39)54/h39-40H,1-20,22-38H2,(H,48,56)(H,49,57)(H,50,58)(H,51,59)(H,52,55)(H,60,61)/t39?,40-/m0/s1. The molecule has 22 heteroatoms. The summed E-state index contributed by atoms with van der Waals surface area (Å²) in [6.07, 6.45) is 16.1. The van der Waals surface area contributed by atoms with Crippen LogP contribution in [0.5, 0.6) is 0 Å². The molecular formula is C47H82N5O17. The highest BCUT2D eigenvalue weighted by molar-refractivity contribution is 6.02. The Bertz CT molecular complexity index is 1390. The van der Waals surface area contributed by atoms with Gasteiger partial charge in [-0.1, -0.05) is 77.0 Å². The number of rotatable bonds is 34. The van der Waals surface area contributed by atoms with Crippen LogP contribution in [0.2, 0.25) is 0 Å². The second kappa shape index (κ2) is 46.2. The van der Waals surface area contributed by atoms with Gasteiger partial charge in [-0.25, -0.2) is 4.79 Å². The van der Waals surface area contributed by atoms with Gasteiger partial charge >= 0.3 is 5.97 Å². The predicted octanol–water partition coefficient (Wildman–Crippen LogP) is 1.09. The molecule has 0 bridgehead atoms. The summed E-state index contributed by atoms with van der Waals surface area (Å²) < 4.78 is 42.2. The molecule has 0 aromatic carbocycles. The van der Waals surface area contributed by atoms with Crippen molar-refractivity contribution in [2.45, 2.75) is 115 Å². The quantitative estimate of drug-likeness (QED) is 0.0389. The van der Waals surface area contributed by atoms with Gasteiger partial charge < -0.3 is 69.6 Å². The van der Waals surface area contributed by atoms with Crippen LogP contribution in [0.3, 0.4) is 0 Å². The summed E-state index contributed by atoms with van der Waals surface area (Å²) >= 11 is 0. The number of carbonyl (C=O) groups is 7. The summed E-state index contributed by atoms with van der Waals surface area (Å²) in [5.74, 6) is -4.87. The Labute approximate surface area is 407 Å².